The molecule has 0 radical (unpaired) electrons. The van der Waals surface area contributed by atoms with Gasteiger partial charge in [-0.05, 0) is 48.3 Å². The van der Waals surface area contributed by atoms with Crippen molar-refractivity contribution in [3.63, 3.8) is 0 Å². The minimum atomic E-state index is 0.479. The van der Waals surface area contributed by atoms with E-state index in [4.69, 9.17) is 9.41 Å². The fraction of sp³-hybridized carbons (Fsp3) is 0.526. The van der Waals surface area contributed by atoms with E-state index in [2.05, 4.69) is 35.1 Å². The largest absolute Gasteiger partial charge is 0.469 e. The summed E-state index contributed by atoms with van der Waals surface area (Å²) in [5.41, 5.74) is 0.479. The van der Waals surface area contributed by atoms with E-state index in [1.54, 1.807) is 17.6 Å². The molecule has 4 nitrogen and oxygen atoms in total. The van der Waals surface area contributed by atoms with Gasteiger partial charge in [0, 0.05) is 24.4 Å². The van der Waals surface area contributed by atoms with Crippen molar-refractivity contribution in [3.8, 4) is 0 Å². The van der Waals surface area contributed by atoms with Crippen molar-refractivity contribution < 1.29 is 4.42 Å². The summed E-state index contributed by atoms with van der Waals surface area (Å²) in [7, 11) is 0. The standard InChI is InChI=1S/C19H27N3OS/c1-2-19(9-5-10-19)15-22-18(21-14-17-7-4-13-24-17)20-11-8-16-6-3-12-23-16/h3-4,6-7,12-13H,2,5,8-11,14-15H2,1H3,(H2,20,21,22). The summed E-state index contributed by atoms with van der Waals surface area (Å²) in [5, 5.41) is 9.12. The van der Waals surface area contributed by atoms with Gasteiger partial charge in [0.1, 0.15) is 5.76 Å². The zero-order valence-corrected chi connectivity index (χ0v) is 15.2. The maximum Gasteiger partial charge on any atom is 0.191 e. The normalized spacial score (nSPS) is 16.6. The molecule has 0 spiro atoms. The van der Waals surface area contributed by atoms with Crippen LogP contribution in [-0.4, -0.2) is 19.0 Å². The molecular formula is C19H27N3OS. The van der Waals surface area contributed by atoms with Crippen molar-refractivity contribution in [1.82, 2.24) is 10.6 Å². The van der Waals surface area contributed by atoms with Crippen LogP contribution in [0.15, 0.2) is 45.3 Å². The molecule has 2 N–H and O–H groups in total. The molecule has 0 aromatic carbocycles. The second-order valence-corrected chi connectivity index (χ2v) is 7.59. The van der Waals surface area contributed by atoms with E-state index in [0.29, 0.717) is 5.41 Å². The van der Waals surface area contributed by atoms with Gasteiger partial charge in [0.25, 0.3) is 0 Å². The molecule has 1 aliphatic rings. The third kappa shape index (κ3) is 4.63. The first-order chi connectivity index (χ1) is 11.8. The summed E-state index contributed by atoms with van der Waals surface area (Å²) >= 11 is 1.75. The summed E-state index contributed by atoms with van der Waals surface area (Å²) in [6.45, 7) is 4.87. The fourth-order valence-corrected chi connectivity index (χ4v) is 3.72. The van der Waals surface area contributed by atoms with Crippen LogP contribution in [0.3, 0.4) is 0 Å². The molecule has 0 amide bonds. The van der Waals surface area contributed by atoms with Crippen LogP contribution in [0.5, 0.6) is 0 Å². The van der Waals surface area contributed by atoms with E-state index in [9.17, 15) is 0 Å². The van der Waals surface area contributed by atoms with Gasteiger partial charge in [0.15, 0.2) is 5.96 Å². The second-order valence-electron chi connectivity index (χ2n) is 6.56. The van der Waals surface area contributed by atoms with Crippen molar-refractivity contribution in [3.05, 3.63) is 46.5 Å². The molecule has 1 saturated carbocycles. The highest BCUT2D eigenvalue weighted by molar-refractivity contribution is 7.09. The second kappa shape index (κ2) is 8.38. The van der Waals surface area contributed by atoms with Crippen LogP contribution in [0.2, 0.25) is 0 Å². The lowest BCUT2D eigenvalue weighted by Crippen LogP contribution is -2.46. The van der Waals surface area contributed by atoms with Crippen molar-refractivity contribution in [2.24, 2.45) is 10.4 Å². The Bertz CT molecular complexity index is 610. The molecule has 0 atom stereocenters. The number of nitrogens with one attached hydrogen (secondary N) is 2. The minimum Gasteiger partial charge on any atom is -0.469 e. The van der Waals surface area contributed by atoms with Gasteiger partial charge in [-0.25, -0.2) is 4.99 Å². The number of furan rings is 1. The molecule has 2 aromatic heterocycles. The van der Waals surface area contributed by atoms with Gasteiger partial charge in [-0.1, -0.05) is 19.4 Å². The van der Waals surface area contributed by atoms with Gasteiger partial charge >= 0.3 is 0 Å². The summed E-state index contributed by atoms with van der Waals surface area (Å²) in [5.74, 6) is 1.92. The van der Waals surface area contributed by atoms with Crippen LogP contribution < -0.4 is 10.6 Å². The average molecular weight is 346 g/mol. The van der Waals surface area contributed by atoms with Crippen molar-refractivity contribution >= 4 is 17.3 Å². The number of hydrogen-bond donors (Lipinski definition) is 2. The first-order valence-corrected chi connectivity index (χ1v) is 9.75. The van der Waals surface area contributed by atoms with Crippen molar-refractivity contribution in [2.75, 3.05) is 13.1 Å². The van der Waals surface area contributed by atoms with Crippen LogP contribution in [0.4, 0.5) is 0 Å². The first kappa shape index (κ1) is 17.1. The number of hydrogen-bond acceptors (Lipinski definition) is 3. The highest BCUT2D eigenvalue weighted by atomic mass is 32.1. The fourth-order valence-electron chi connectivity index (χ4n) is 3.10. The van der Waals surface area contributed by atoms with Gasteiger partial charge in [0.2, 0.25) is 0 Å². The highest BCUT2D eigenvalue weighted by Crippen LogP contribution is 2.42. The molecular weight excluding hydrogens is 318 g/mol. The Morgan fingerprint density at radius 3 is 2.83 bits per heavy atom. The van der Waals surface area contributed by atoms with Crippen LogP contribution in [0.1, 0.15) is 43.2 Å². The van der Waals surface area contributed by atoms with Crippen LogP contribution in [0, 0.1) is 5.41 Å². The maximum absolute atomic E-state index is 5.39. The number of guanidine groups is 1. The smallest absolute Gasteiger partial charge is 0.191 e. The zero-order valence-electron chi connectivity index (χ0n) is 14.4. The Morgan fingerprint density at radius 1 is 1.29 bits per heavy atom. The van der Waals surface area contributed by atoms with Crippen molar-refractivity contribution in [2.45, 2.75) is 45.6 Å². The Hall–Kier alpha value is -1.75. The highest BCUT2D eigenvalue weighted by Gasteiger charge is 2.34. The molecule has 3 rings (SSSR count). The number of rotatable bonds is 8. The molecule has 0 unspecified atom stereocenters. The van der Waals surface area contributed by atoms with E-state index in [0.717, 1.165) is 37.8 Å². The molecule has 0 aliphatic heterocycles. The predicted octanol–water partition coefficient (Wildman–Crippen LogP) is 4.20. The molecule has 1 fully saturated rings. The predicted molar refractivity (Wildman–Crippen MR) is 100 cm³/mol. The molecule has 0 saturated heterocycles. The van der Waals surface area contributed by atoms with Crippen LogP contribution >= 0.6 is 11.3 Å². The van der Waals surface area contributed by atoms with E-state index in [1.165, 1.54) is 30.6 Å². The molecule has 2 heterocycles. The summed E-state index contributed by atoms with van der Waals surface area (Å²) in [6.07, 6.45) is 7.86. The lowest BCUT2D eigenvalue weighted by Gasteiger charge is -2.41. The zero-order chi connectivity index (χ0) is 16.7. The Labute approximate surface area is 148 Å². The minimum absolute atomic E-state index is 0.479. The van der Waals surface area contributed by atoms with Gasteiger partial charge in [-0.3, -0.25) is 0 Å². The molecule has 2 aromatic rings. The van der Waals surface area contributed by atoms with Gasteiger partial charge < -0.3 is 15.1 Å². The Balaban J connectivity index is 1.53. The van der Waals surface area contributed by atoms with Crippen molar-refractivity contribution in [1.29, 1.82) is 0 Å². The molecule has 0 bridgehead atoms. The number of aliphatic imine (C=N–C) groups is 1. The number of nitrogens with zero attached hydrogens (tertiary/aromatic N) is 1. The van der Waals surface area contributed by atoms with Gasteiger partial charge in [-0.15, -0.1) is 11.3 Å². The topological polar surface area (TPSA) is 49.6 Å². The Kier molecular flexibility index (Phi) is 5.96. The monoisotopic (exact) mass is 345 g/mol. The van der Waals surface area contributed by atoms with Crippen LogP contribution in [-0.2, 0) is 13.0 Å². The van der Waals surface area contributed by atoms with E-state index >= 15 is 0 Å². The summed E-state index contributed by atoms with van der Waals surface area (Å²) < 4.78 is 5.39. The number of thiophene rings is 1. The first-order valence-electron chi connectivity index (χ1n) is 8.87. The van der Waals surface area contributed by atoms with E-state index in [-0.39, 0.29) is 0 Å². The molecule has 5 heteroatoms. The van der Waals surface area contributed by atoms with E-state index in [1.807, 2.05) is 12.1 Å². The molecule has 1 aliphatic carbocycles. The summed E-state index contributed by atoms with van der Waals surface area (Å²) in [4.78, 5) is 6.04. The Morgan fingerprint density at radius 2 is 2.21 bits per heavy atom. The van der Waals surface area contributed by atoms with E-state index < -0.39 is 0 Å². The lowest BCUT2D eigenvalue weighted by molar-refractivity contribution is 0.131. The van der Waals surface area contributed by atoms with Gasteiger partial charge in [0.05, 0.1) is 12.8 Å². The average Bonchev–Trinajstić information content (AvgIpc) is 3.25. The van der Waals surface area contributed by atoms with Crippen LogP contribution in [0.25, 0.3) is 0 Å². The lowest BCUT2D eigenvalue weighted by atomic mass is 9.67. The van der Waals surface area contributed by atoms with Gasteiger partial charge in [-0.2, -0.15) is 0 Å². The SMILES string of the molecule is CCC1(CNC(=NCc2cccs2)NCCc2ccco2)CCC1. The molecule has 24 heavy (non-hydrogen) atoms. The third-order valence-electron chi connectivity index (χ3n) is 5.01. The quantitative estimate of drug-likeness (QED) is 0.557. The summed E-state index contributed by atoms with van der Waals surface area (Å²) in [6, 6.07) is 8.15. The maximum atomic E-state index is 5.39. The molecule has 130 valence electrons. The third-order valence-corrected chi connectivity index (χ3v) is 5.87.